The molecule has 114 valence electrons. The van der Waals surface area contributed by atoms with Crippen LogP contribution in [0.1, 0.15) is 0 Å². The summed E-state index contributed by atoms with van der Waals surface area (Å²) in [5.74, 6) is 0.865. The summed E-state index contributed by atoms with van der Waals surface area (Å²) in [6, 6.07) is 8.09. The van der Waals surface area contributed by atoms with Crippen LogP contribution in [-0.2, 0) is 0 Å². The van der Waals surface area contributed by atoms with Crippen LogP contribution in [0.3, 0.4) is 0 Å². The smallest absolute Gasteiger partial charge is 0.212 e. The van der Waals surface area contributed by atoms with E-state index in [1.807, 2.05) is 29.0 Å². The van der Waals surface area contributed by atoms with Crippen LogP contribution < -0.4 is 0 Å². The van der Waals surface area contributed by atoms with E-state index in [1.54, 1.807) is 25.0 Å². The van der Waals surface area contributed by atoms with Crippen LogP contribution in [0.5, 0.6) is 0 Å². The summed E-state index contributed by atoms with van der Waals surface area (Å²) in [7, 11) is 1.74. The van der Waals surface area contributed by atoms with Gasteiger partial charge in [0.05, 0.1) is 38.9 Å². The number of para-hydroxylation sites is 1. The number of hydroxylamine groups is 3. The van der Waals surface area contributed by atoms with E-state index in [9.17, 15) is 5.21 Å². The van der Waals surface area contributed by atoms with E-state index in [4.69, 9.17) is 4.99 Å². The molecular formula is C15H17N5OS. The highest BCUT2D eigenvalue weighted by Gasteiger charge is 2.27. The van der Waals surface area contributed by atoms with E-state index in [2.05, 4.69) is 16.0 Å². The predicted molar refractivity (Wildman–Crippen MR) is 86.1 cm³/mol. The predicted octanol–water partition coefficient (Wildman–Crippen LogP) is 2.14. The number of quaternary nitrogens is 1. The van der Waals surface area contributed by atoms with Gasteiger partial charge in [-0.1, -0.05) is 12.1 Å². The second-order valence-corrected chi connectivity index (χ2v) is 6.80. The minimum absolute atomic E-state index is 0.175. The third-order valence-corrected chi connectivity index (χ3v) is 5.13. The van der Waals surface area contributed by atoms with Gasteiger partial charge in [0.15, 0.2) is 5.16 Å². The van der Waals surface area contributed by atoms with Crippen molar-refractivity contribution in [1.82, 2.24) is 14.5 Å². The Balaban J connectivity index is 1.76. The summed E-state index contributed by atoms with van der Waals surface area (Å²) in [4.78, 5) is 12.6. The first kappa shape index (κ1) is 13.8. The summed E-state index contributed by atoms with van der Waals surface area (Å²) < 4.78 is 1.84. The molecule has 0 bridgehead atoms. The molecule has 4 rings (SSSR count). The molecule has 0 amide bonds. The molecule has 7 heteroatoms. The minimum atomic E-state index is -0.175. The molecule has 0 aliphatic carbocycles. The van der Waals surface area contributed by atoms with Crippen LogP contribution >= 0.6 is 11.8 Å². The molecule has 0 saturated carbocycles. The Morgan fingerprint density at radius 2 is 2.00 bits per heavy atom. The number of hydrogen-bond donors (Lipinski definition) is 0. The molecule has 2 aliphatic rings. The van der Waals surface area contributed by atoms with Gasteiger partial charge in [0.25, 0.3) is 0 Å². The molecule has 0 radical (unpaired) electrons. The maximum absolute atomic E-state index is 12.1. The highest BCUT2D eigenvalue weighted by Crippen LogP contribution is 2.37. The number of imidazole rings is 1. The number of aliphatic imine (C=N–C) groups is 1. The van der Waals surface area contributed by atoms with Gasteiger partial charge < -0.3 is 14.8 Å². The number of fused-ring (bicyclic) bond motifs is 2. The Hall–Kier alpha value is -1.83. The third-order valence-electron chi connectivity index (χ3n) is 4.08. The average Bonchev–Trinajstić information content (AvgIpc) is 2.89. The maximum Gasteiger partial charge on any atom is 0.212 e. The zero-order valence-electron chi connectivity index (χ0n) is 12.3. The van der Waals surface area contributed by atoms with Crippen LogP contribution in [0, 0.1) is 5.21 Å². The van der Waals surface area contributed by atoms with Crippen molar-refractivity contribution < 1.29 is 4.65 Å². The molecule has 2 aliphatic heterocycles. The third kappa shape index (κ3) is 2.41. The van der Waals surface area contributed by atoms with Crippen molar-refractivity contribution in [3.63, 3.8) is 0 Å². The normalized spacial score (nSPS) is 19.9. The number of hydrogen-bond acceptors (Lipinski definition) is 5. The van der Waals surface area contributed by atoms with Gasteiger partial charge in [-0.05, 0) is 23.9 Å². The summed E-state index contributed by atoms with van der Waals surface area (Å²) in [5, 5.41) is 13.0. The van der Waals surface area contributed by atoms with Crippen LogP contribution in [0.15, 0.2) is 51.7 Å². The van der Waals surface area contributed by atoms with Crippen molar-refractivity contribution in [1.29, 1.82) is 0 Å². The molecular weight excluding hydrogens is 298 g/mol. The molecule has 2 aromatic rings. The first-order valence-electron chi connectivity index (χ1n) is 7.32. The number of aromatic nitrogens is 2. The quantitative estimate of drug-likeness (QED) is 0.552. The lowest BCUT2D eigenvalue weighted by molar-refractivity contribution is -0.864. The largest absolute Gasteiger partial charge is 0.633 e. The van der Waals surface area contributed by atoms with Gasteiger partial charge in [0.2, 0.25) is 5.96 Å². The van der Waals surface area contributed by atoms with Gasteiger partial charge in [-0.3, -0.25) is 4.57 Å². The fraction of sp³-hybridized carbons (Fsp3) is 0.333. The topological polar surface area (TPSA) is 56.5 Å². The first-order valence-corrected chi connectivity index (χ1v) is 8.14. The number of rotatable bonds is 0. The second kappa shape index (κ2) is 5.12. The molecule has 1 saturated heterocycles. The summed E-state index contributed by atoms with van der Waals surface area (Å²) in [5.41, 5.74) is 0.956. The first-order chi connectivity index (χ1) is 10.6. The van der Waals surface area contributed by atoms with Crippen molar-refractivity contribution in [2.45, 2.75) is 10.1 Å². The number of nitrogens with zero attached hydrogens (tertiary/aromatic N) is 5. The van der Waals surface area contributed by atoms with Crippen LogP contribution in [0.4, 0.5) is 5.69 Å². The molecule has 1 fully saturated rings. The Labute approximate surface area is 133 Å². The van der Waals surface area contributed by atoms with E-state index >= 15 is 0 Å². The maximum atomic E-state index is 12.1. The molecule has 6 nitrogen and oxygen atoms in total. The molecule has 0 atom stereocenters. The van der Waals surface area contributed by atoms with Crippen molar-refractivity contribution >= 4 is 23.4 Å². The fourth-order valence-corrected chi connectivity index (χ4v) is 3.64. The Bertz CT molecular complexity index is 729. The SMILES string of the molecule is C[N+]1([O-])CCN(C2=Nc3ccccc3Sc3nccn32)CC1. The van der Waals surface area contributed by atoms with Crippen LogP contribution in [-0.4, -0.2) is 58.3 Å². The molecule has 22 heavy (non-hydrogen) atoms. The summed E-state index contributed by atoms with van der Waals surface area (Å²) in [6.07, 6.45) is 3.73. The molecule has 0 spiro atoms. The molecule has 0 unspecified atom stereocenters. The van der Waals surface area contributed by atoms with Crippen molar-refractivity contribution in [2.75, 3.05) is 33.2 Å². The molecule has 1 aromatic heterocycles. The second-order valence-electron chi connectivity index (χ2n) is 5.79. The van der Waals surface area contributed by atoms with Crippen LogP contribution in [0.25, 0.3) is 0 Å². The van der Waals surface area contributed by atoms with E-state index < -0.39 is 0 Å². The zero-order chi connectivity index (χ0) is 15.2. The van der Waals surface area contributed by atoms with E-state index in [-0.39, 0.29) is 4.65 Å². The summed E-state index contributed by atoms with van der Waals surface area (Å²) in [6.45, 7) is 2.59. The van der Waals surface area contributed by atoms with E-state index in [0.29, 0.717) is 26.2 Å². The number of benzene rings is 1. The lowest BCUT2D eigenvalue weighted by atomic mass is 10.3. The Morgan fingerprint density at radius 3 is 2.82 bits per heavy atom. The molecule has 0 N–H and O–H groups in total. The lowest BCUT2D eigenvalue weighted by Crippen LogP contribution is -2.56. The van der Waals surface area contributed by atoms with Crippen molar-refractivity contribution in [3.8, 4) is 0 Å². The van der Waals surface area contributed by atoms with Gasteiger partial charge in [0.1, 0.15) is 0 Å². The lowest BCUT2D eigenvalue weighted by Gasteiger charge is -2.45. The Kier molecular flexibility index (Phi) is 3.21. The summed E-state index contributed by atoms with van der Waals surface area (Å²) >= 11 is 1.62. The van der Waals surface area contributed by atoms with Gasteiger partial charge in [-0.25, -0.2) is 9.98 Å². The van der Waals surface area contributed by atoms with Gasteiger partial charge in [0, 0.05) is 17.3 Å². The van der Waals surface area contributed by atoms with Crippen molar-refractivity contribution in [2.24, 2.45) is 4.99 Å². The Morgan fingerprint density at radius 1 is 1.23 bits per heavy atom. The molecule has 3 heterocycles. The average molecular weight is 315 g/mol. The van der Waals surface area contributed by atoms with Crippen LogP contribution in [0.2, 0.25) is 0 Å². The fourth-order valence-electron chi connectivity index (χ4n) is 2.72. The van der Waals surface area contributed by atoms with E-state index in [1.165, 1.54) is 0 Å². The monoisotopic (exact) mass is 315 g/mol. The highest BCUT2D eigenvalue weighted by atomic mass is 32.2. The van der Waals surface area contributed by atoms with Gasteiger partial charge in [-0.15, -0.1) is 0 Å². The van der Waals surface area contributed by atoms with E-state index in [0.717, 1.165) is 21.7 Å². The zero-order valence-corrected chi connectivity index (χ0v) is 13.2. The van der Waals surface area contributed by atoms with Gasteiger partial charge >= 0.3 is 0 Å². The standard InChI is InChI=1S/C15H17N5OS/c1-20(21)10-8-18(9-11-20)14-17-12-4-2-3-5-13(12)22-15-16-6-7-19(14)15/h2-7H,8-11H2,1H3. The number of likely N-dealkylation sites (N-methyl/N-ethyl adjacent to an activating group) is 1. The molecule has 1 aromatic carbocycles. The number of piperazine rings is 1. The highest BCUT2D eigenvalue weighted by molar-refractivity contribution is 7.99. The van der Waals surface area contributed by atoms with Crippen molar-refractivity contribution in [3.05, 3.63) is 41.9 Å². The van der Waals surface area contributed by atoms with Gasteiger partial charge in [-0.2, -0.15) is 0 Å². The minimum Gasteiger partial charge on any atom is -0.633 e.